The highest BCUT2D eigenvalue weighted by atomic mass is 16.6. The molecule has 7 heteroatoms. The molecule has 2 saturated heterocycles. The smallest absolute Gasteiger partial charge is 0.410 e. The van der Waals surface area contributed by atoms with Crippen molar-refractivity contribution in [3.63, 3.8) is 0 Å². The molecule has 0 spiro atoms. The number of carbonyl (C=O) groups excluding carboxylic acids is 2. The van der Waals surface area contributed by atoms with Crippen molar-refractivity contribution < 1.29 is 14.3 Å². The van der Waals surface area contributed by atoms with Crippen molar-refractivity contribution in [2.24, 2.45) is 0 Å². The average molecular weight is 409 g/mol. The molecule has 0 radical (unpaired) electrons. The Balaban J connectivity index is 1.23. The number of nitrogens with zero attached hydrogens (tertiary/aromatic N) is 3. The van der Waals surface area contributed by atoms with Gasteiger partial charge in [0.05, 0.1) is 0 Å². The number of rotatable bonds is 3. The number of aromatic nitrogens is 1. The minimum atomic E-state index is -0.476. The fourth-order valence-electron chi connectivity index (χ4n) is 3.68. The van der Waals surface area contributed by atoms with Crippen LogP contribution in [0.3, 0.4) is 0 Å². The molecule has 2 aliphatic heterocycles. The zero-order valence-electron chi connectivity index (χ0n) is 17.7. The third-order valence-electron chi connectivity index (χ3n) is 5.49. The third-order valence-corrected chi connectivity index (χ3v) is 5.49. The van der Waals surface area contributed by atoms with E-state index in [1.54, 1.807) is 16.0 Å². The molecule has 1 N–H and O–H groups in total. The third kappa shape index (κ3) is 4.56. The largest absolute Gasteiger partial charge is 0.444 e. The van der Waals surface area contributed by atoms with Crippen molar-refractivity contribution in [1.82, 2.24) is 14.8 Å². The molecule has 7 nitrogen and oxygen atoms in total. The second-order valence-corrected chi connectivity index (χ2v) is 9.02. The molecule has 0 aliphatic carbocycles. The summed E-state index contributed by atoms with van der Waals surface area (Å²) in [5.41, 5.74) is 2.63. The van der Waals surface area contributed by atoms with Crippen LogP contribution in [-0.2, 0) is 4.74 Å². The maximum atomic E-state index is 12.4. The van der Waals surface area contributed by atoms with Gasteiger partial charge < -0.3 is 19.9 Å². The molecule has 0 bridgehead atoms. The fraction of sp³-hybridized carbons (Fsp3) is 0.435. The van der Waals surface area contributed by atoms with Gasteiger partial charge in [-0.1, -0.05) is 18.2 Å². The summed E-state index contributed by atoms with van der Waals surface area (Å²) in [6, 6.07) is 11.8. The van der Waals surface area contributed by atoms with Crippen molar-refractivity contribution in [2.45, 2.75) is 38.2 Å². The first kappa shape index (κ1) is 20.2. The molecule has 2 aromatic rings. The minimum Gasteiger partial charge on any atom is -0.444 e. The Hall–Kier alpha value is -3.09. The molecule has 1 aromatic heterocycles. The monoisotopic (exact) mass is 408 g/mol. The average Bonchev–Trinajstić information content (AvgIpc) is 2.60. The zero-order chi connectivity index (χ0) is 21.3. The lowest BCUT2D eigenvalue weighted by Crippen LogP contribution is -2.50. The first-order valence-electron chi connectivity index (χ1n) is 10.3. The van der Waals surface area contributed by atoms with Crippen LogP contribution in [0.1, 0.15) is 43.7 Å². The molecular weight excluding hydrogens is 380 g/mol. The molecule has 3 heterocycles. The van der Waals surface area contributed by atoms with Gasteiger partial charge in [0, 0.05) is 56.1 Å². The number of ether oxygens (including phenoxy) is 1. The van der Waals surface area contributed by atoms with Gasteiger partial charge in [0.1, 0.15) is 5.60 Å². The van der Waals surface area contributed by atoms with E-state index >= 15 is 0 Å². The summed E-state index contributed by atoms with van der Waals surface area (Å²) in [5, 5.41) is 2.96. The molecule has 3 amide bonds. The van der Waals surface area contributed by atoms with Crippen LogP contribution in [0, 0.1) is 0 Å². The summed E-state index contributed by atoms with van der Waals surface area (Å²) in [6.45, 7) is 8.34. The summed E-state index contributed by atoms with van der Waals surface area (Å²) >= 11 is 0. The number of benzene rings is 1. The summed E-state index contributed by atoms with van der Waals surface area (Å²) in [4.78, 5) is 32.1. The first-order valence-corrected chi connectivity index (χ1v) is 10.3. The number of hydrogen-bond acceptors (Lipinski definition) is 4. The van der Waals surface area contributed by atoms with Crippen molar-refractivity contribution in [3.05, 3.63) is 59.9 Å². The lowest BCUT2D eigenvalue weighted by Gasteiger charge is -2.40. The predicted molar refractivity (Wildman–Crippen MR) is 115 cm³/mol. The molecule has 2 fully saturated rings. The second kappa shape index (κ2) is 7.97. The highest BCUT2D eigenvalue weighted by molar-refractivity contribution is 5.90. The van der Waals surface area contributed by atoms with E-state index in [1.165, 1.54) is 5.56 Å². The van der Waals surface area contributed by atoms with Crippen molar-refractivity contribution in [2.75, 3.05) is 31.5 Å². The molecule has 30 heavy (non-hydrogen) atoms. The van der Waals surface area contributed by atoms with Crippen LogP contribution in [-0.4, -0.2) is 58.7 Å². The Morgan fingerprint density at radius 3 is 2.20 bits per heavy atom. The van der Waals surface area contributed by atoms with E-state index in [2.05, 4.69) is 16.4 Å². The number of pyridine rings is 1. The Labute approximate surface area is 177 Å². The van der Waals surface area contributed by atoms with E-state index in [0.717, 1.165) is 11.3 Å². The Bertz CT molecular complexity index is 896. The molecular formula is C23H28N4O3. The lowest BCUT2D eigenvalue weighted by molar-refractivity contribution is 0.00819. The standard InChI is InChI=1S/C23H28N4O3/c1-23(2,3)30-22(29)27-14-18(15-27)16-6-8-20(9-7-16)25-21(28)26-12-19(13-26)17-5-4-10-24-11-17/h4-11,18-19H,12-15H2,1-3H3,(H,25,28). The van der Waals surface area contributed by atoms with Crippen LogP contribution < -0.4 is 5.32 Å². The number of nitrogens with one attached hydrogen (secondary N) is 1. The van der Waals surface area contributed by atoms with Crippen molar-refractivity contribution >= 4 is 17.8 Å². The van der Waals surface area contributed by atoms with Gasteiger partial charge in [-0.05, 0) is 50.1 Å². The number of amides is 3. The van der Waals surface area contributed by atoms with Crippen molar-refractivity contribution in [1.29, 1.82) is 0 Å². The Morgan fingerprint density at radius 2 is 1.60 bits per heavy atom. The summed E-state index contributed by atoms with van der Waals surface area (Å²) in [6.07, 6.45) is 3.36. The highest BCUT2D eigenvalue weighted by Crippen LogP contribution is 2.30. The SMILES string of the molecule is CC(C)(C)OC(=O)N1CC(c2ccc(NC(=O)N3CC(c4cccnc4)C3)cc2)C1. The normalized spacial score (nSPS) is 17.2. The second-order valence-electron chi connectivity index (χ2n) is 9.02. The van der Waals surface area contributed by atoms with Crippen LogP contribution >= 0.6 is 0 Å². The van der Waals surface area contributed by atoms with Gasteiger partial charge in [-0.3, -0.25) is 4.98 Å². The number of likely N-dealkylation sites (tertiary alicyclic amines) is 2. The van der Waals surface area contributed by atoms with E-state index < -0.39 is 5.60 Å². The molecule has 1 aromatic carbocycles. The molecule has 4 rings (SSSR count). The minimum absolute atomic E-state index is 0.0809. The number of hydrogen-bond donors (Lipinski definition) is 1. The number of carbonyl (C=O) groups is 2. The number of urea groups is 1. The van der Waals surface area contributed by atoms with Gasteiger partial charge in [-0.2, -0.15) is 0 Å². The van der Waals surface area contributed by atoms with Gasteiger partial charge in [-0.15, -0.1) is 0 Å². The van der Waals surface area contributed by atoms with Gasteiger partial charge in [-0.25, -0.2) is 9.59 Å². The highest BCUT2D eigenvalue weighted by Gasteiger charge is 2.35. The van der Waals surface area contributed by atoms with Gasteiger partial charge >= 0.3 is 12.1 Å². The predicted octanol–water partition coefficient (Wildman–Crippen LogP) is 4.05. The van der Waals surface area contributed by atoms with Crippen LogP contribution in [0.25, 0.3) is 0 Å². The van der Waals surface area contributed by atoms with Crippen LogP contribution in [0.5, 0.6) is 0 Å². The van der Waals surface area contributed by atoms with Gasteiger partial charge in [0.15, 0.2) is 0 Å². The maximum absolute atomic E-state index is 12.4. The van der Waals surface area contributed by atoms with Gasteiger partial charge in [0.25, 0.3) is 0 Å². The zero-order valence-corrected chi connectivity index (χ0v) is 17.7. The Kier molecular flexibility index (Phi) is 5.37. The Morgan fingerprint density at radius 1 is 0.967 bits per heavy atom. The van der Waals surface area contributed by atoms with E-state index in [-0.39, 0.29) is 12.1 Å². The van der Waals surface area contributed by atoms with E-state index in [0.29, 0.717) is 38.0 Å². The summed E-state index contributed by atoms with van der Waals surface area (Å²) in [5.74, 6) is 0.663. The quantitative estimate of drug-likeness (QED) is 0.832. The van der Waals surface area contributed by atoms with E-state index in [4.69, 9.17) is 4.74 Å². The topological polar surface area (TPSA) is 74.8 Å². The van der Waals surface area contributed by atoms with E-state index in [1.807, 2.05) is 57.3 Å². The summed E-state index contributed by atoms with van der Waals surface area (Å²) in [7, 11) is 0. The van der Waals surface area contributed by atoms with Crippen LogP contribution in [0.15, 0.2) is 48.8 Å². The molecule has 0 unspecified atom stereocenters. The van der Waals surface area contributed by atoms with Crippen LogP contribution in [0.4, 0.5) is 15.3 Å². The van der Waals surface area contributed by atoms with Gasteiger partial charge in [0.2, 0.25) is 0 Å². The molecule has 2 aliphatic rings. The number of anilines is 1. The fourth-order valence-corrected chi connectivity index (χ4v) is 3.68. The molecule has 0 atom stereocenters. The first-order chi connectivity index (χ1) is 14.3. The maximum Gasteiger partial charge on any atom is 0.410 e. The van der Waals surface area contributed by atoms with Crippen LogP contribution in [0.2, 0.25) is 0 Å². The molecule has 0 saturated carbocycles. The molecule has 158 valence electrons. The van der Waals surface area contributed by atoms with Crippen molar-refractivity contribution in [3.8, 4) is 0 Å². The summed E-state index contributed by atoms with van der Waals surface area (Å²) < 4.78 is 5.39. The lowest BCUT2D eigenvalue weighted by atomic mass is 9.92. The van der Waals surface area contributed by atoms with E-state index in [9.17, 15) is 9.59 Å².